The van der Waals surface area contributed by atoms with Crippen molar-refractivity contribution in [3.8, 4) is 5.75 Å². The minimum Gasteiger partial charge on any atom is -0.496 e. The van der Waals surface area contributed by atoms with Gasteiger partial charge in [0, 0.05) is 38.3 Å². The van der Waals surface area contributed by atoms with E-state index in [9.17, 15) is 9.18 Å². The second kappa shape index (κ2) is 7.01. The Hall–Kier alpha value is -1.62. The van der Waals surface area contributed by atoms with Crippen molar-refractivity contribution in [3.05, 3.63) is 29.6 Å². The van der Waals surface area contributed by atoms with Gasteiger partial charge in [0.1, 0.15) is 11.6 Å². The van der Waals surface area contributed by atoms with Crippen LogP contribution in [0.4, 0.5) is 4.39 Å². The minimum absolute atomic E-state index is 0.0390. The summed E-state index contributed by atoms with van der Waals surface area (Å²) in [6.45, 7) is 3.94. The van der Waals surface area contributed by atoms with Gasteiger partial charge in [-0.15, -0.1) is 0 Å². The normalized spacial score (nSPS) is 34.6. The third-order valence-electron chi connectivity index (χ3n) is 7.79. The summed E-state index contributed by atoms with van der Waals surface area (Å²) in [4.78, 5) is 17.9. The van der Waals surface area contributed by atoms with Crippen molar-refractivity contribution in [1.29, 1.82) is 0 Å². The predicted molar refractivity (Wildman–Crippen MR) is 105 cm³/mol. The third-order valence-corrected chi connectivity index (χ3v) is 7.79. The number of nitrogens with zero attached hydrogens (tertiary/aromatic N) is 2. The Morgan fingerprint density at radius 1 is 1.07 bits per heavy atom. The van der Waals surface area contributed by atoms with E-state index in [0.717, 1.165) is 74.5 Å². The molecule has 0 atom stereocenters. The van der Waals surface area contributed by atoms with Crippen molar-refractivity contribution in [2.45, 2.75) is 45.1 Å². The molecule has 1 amide bonds. The molecule has 4 saturated carbocycles. The summed E-state index contributed by atoms with van der Waals surface area (Å²) >= 11 is 0. The van der Waals surface area contributed by atoms with Gasteiger partial charge in [-0.3, -0.25) is 9.69 Å². The summed E-state index contributed by atoms with van der Waals surface area (Å²) in [6.07, 6.45) is 7.52. The first-order valence-corrected chi connectivity index (χ1v) is 10.9. The van der Waals surface area contributed by atoms with Crippen LogP contribution in [0.15, 0.2) is 18.2 Å². The van der Waals surface area contributed by atoms with Crippen molar-refractivity contribution >= 4 is 5.91 Å². The molecule has 1 aromatic carbocycles. The highest BCUT2D eigenvalue weighted by Gasteiger charge is 2.55. The Labute approximate surface area is 167 Å². The Balaban J connectivity index is 1.22. The Morgan fingerprint density at radius 2 is 1.68 bits per heavy atom. The first kappa shape index (κ1) is 18.4. The second-order valence-electron chi connectivity index (χ2n) is 9.72. The first-order chi connectivity index (χ1) is 13.5. The molecule has 4 bridgehead atoms. The minimum atomic E-state index is -0.230. The second-order valence-corrected chi connectivity index (χ2v) is 9.72. The molecule has 0 aromatic heterocycles. The molecule has 1 heterocycles. The molecule has 5 aliphatic rings. The zero-order valence-corrected chi connectivity index (χ0v) is 16.8. The van der Waals surface area contributed by atoms with E-state index in [4.69, 9.17) is 4.74 Å². The molecule has 0 N–H and O–H groups in total. The van der Waals surface area contributed by atoms with Gasteiger partial charge in [0.15, 0.2) is 0 Å². The zero-order chi connectivity index (χ0) is 19.3. The molecule has 1 saturated heterocycles. The number of piperazine rings is 1. The lowest BCUT2D eigenvalue weighted by Crippen LogP contribution is -2.58. The highest BCUT2D eigenvalue weighted by atomic mass is 19.1. The fourth-order valence-electron chi connectivity index (χ4n) is 6.93. The van der Waals surface area contributed by atoms with Gasteiger partial charge < -0.3 is 9.64 Å². The predicted octanol–water partition coefficient (Wildman–Crippen LogP) is 3.69. The monoisotopic (exact) mass is 386 g/mol. The van der Waals surface area contributed by atoms with Gasteiger partial charge in [-0.2, -0.15) is 0 Å². The van der Waals surface area contributed by atoms with Crippen LogP contribution in [-0.4, -0.2) is 49.0 Å². The molecule has 5 fully saturated rings. The molecule has 6 rings (SSSR count). The maximum Gasteiger partial charge on any atom is 0.228 e. The topological polar surface area (TPSA) is 32.8 Å². The van der Waals surface area contributed by atoms with Crippen LogP contribution in [0.5, 0.6) is 5.75 Å². The number of benzene rings is 1. The quantitative estimate of drug-likeness (QED) is 0.791. The smallest absolute Gasteiger partial charge is 0.228 e. The van der Waals surface area contributed by atoms with E-state index in [2.05, 4.69) is 9.80 Å². The van der Waals surface area contributed by atoms with Crippen LogP contribution in [0.1, 0.15) is 44.1 Å². The number of rotatable bonds is 4. The number of hydrogen-bond acceptors (Lipinski definition) is 3. The highest BCUT2D eigenvalue weighted by molar-refractivity contribution is 5.83. The van der Waals surface area contributed by atoms with Crippen molar-refractivity contribution in [2.24, 2.45) is 23.2 Å². The number of carbonyl (C=O) groups excluding carboxylic acids is 1. The van der Waals surface area contributed by atoms with Crippen LogP contribution >= 0.6 is 0 Å². The molecule has 0 spiro atoms. The Bertz CT molecular complexity index is 722. The largest absolute Gasteiger partial charge is 0.496 e. The zero-order valence-electron chi connectivity index (χ0n) is 16.8. The van der Waals surface area contributed by atoms with Crippen molar-refractivity contribution in [3.63, 3.8) is 0 Å². The molecule has 28 heavy (non-hydrogen) atoms. The van der Waals surface area contributed by atoms with Crippen LogP contribution in [0.2, 0.25) is 0 Å². The van der Waals surface area contributed by atoms with Crippen LogP contribution in [-0.2, 0) is 11.3 Å². The van der Waals surface area contributed by atoms with Gasteiger partial charge in [0.2, 0.25) is 5.91 Å². The van der Waals surface area contributed by atoms with Gasteiger partial charge in [-0.25, -0.2) is 4.39 Å². The van der Waals surface area contributed by atoms with Crippen molar-refractivity contribution in [2.75, 3.05) is 33.3 Å². The number of hydrogen-bond donors (Lipinski definition) is 0. The maximum atomic E-state index is 13.6. The van der Waals surface area contributed by atoms with Crippen LogP contribution in [0.25, 0.3) is 0 Å². The number of methoxy groups -OCH3 is 1. The average Bonchev–Trinajstić information content (AvgIpc) is 2.67. The molecular weight excluding hydrogens is 355 g/mol. The lowest BCUT2D eigenvalue weighted by atomic mass is 9.49. The van der Waals surface area contributed by atoms with Crippen molar-refractivity contribution in [1.82, 2.24) is 9.80 Å². The van der Waals surface area contributed by atoms with E-state index in [1.807, 2.05) is 0 Å². The van der Waals surface area contributed by atoms with Gasteiger partial charge >= 0.3 is 0 Å². The molecule has 152 valence electrons. The van der Waals surface area contributed by atoms with Crippen LogP contribution in [0, 0.1) is 29.0 Å². The van der Waals surface area contributed by atoms with Gasteiger partial charge in [0.05, 0.1) is 12.5 Å². The summed E-state index contributed by atoms with van der Waals surface area (Å²) in [5.41, 5.74) is 0.839. The SMILES string of the molecule is COc1ccc(F)cc1CN1CCN(C(=O)C23CC4CC(CC(C4)C2)C3)CC1. The number of carbonyl (C=O) groups is 1. The molecule has 4 aliphatic carbocycles. The summed E-state index contributed by atoms with van der Waals surface area (Å²) in [5.74, 6) is 3.35. The third kappa shape index (κ3) is 3.22. The molecule has 0 unspecified atom stereocenters. The maximum absolute atomic E-state index is 13.6. The molecular formula is C23H31FN2O2. The Morgan fingerprint density at radius 3 is 2.25 bits per heavy atom. The van der Waals surface area contributed by atoms with E-state index in [1.54, 1.807) is 19.2 Å². The molecule has 5 heteroatoms. The molecule has 1 aromatic rings. The van der Waals surface area contributed by atoms with E-state index in [0.29, 0.717) is 12.5 Å². The van der Waals surface area contributed by atoms with E-state index in [1.165, 1.54) is 25.3 Å². The lowest BCUT2D eigenvalue weighted by molar-refractivity contribution is -0.159. The lowest BCUT2D eigenvalue weighted by Gasteiger charge is -2.57. The Kier molecular flexibility index (Phi) is 4.61. The summed E-state index contributed by atoms with van der Waals surface area (Å²) in [5, 5.41) is 0. The fourth-order valence-corrected chi connectivity index (χ4v) is 6.93. The van der Waals surface area contributed by atoms with Gasteiger partial charge in [-0.1, -0.05) is 0 Å². The fraction of sp³-hybridized carbons (Fsp3) is 0.696. The highest BCUT2D eigenvalue weighted by Crippen LogP contribution is 2.60. The first-order valence-electron chi connectivity index (χ1n) is 10.9. The van der Waals surface area contributed by atoms with Gasteiger partial charge in [0.25, 0.3) is 0 Å². The number of ether oxygens (including phenoxy) is 1. The molecule has 4 nitrogen and oxygen atoms in total. The standard InChI is InChI=1S/C23H31FN2O2/c1-28-21-3-2-20(24)11-19(21)15-25-4-6-26(7-5-25)22(27)23-12-16-8-17(13-23)10-18(9-16)14-23/h2-3,11,16-18H,4-10,12-15H2,1H3. The molecule has 1 aliphatic heterocycles. The van der Waals surface area contributed by atoms with Crippen LogP contribution < -0.4 is 4.74 Å². The van der Waals surface area contributed by atoms with Crippen LogP contribution in [0.3, 0.4) is 0 Å². The number of halogens is 1. The average molecular weight is 387 g/mol. The van der Waals surface area contributed by atoms with E-state index >= 15 is 0 Å². The van der Waals surface area contributed by atoms with E-state index in [-0.39, 0.29) is 11.2 Å². The summed E-state index contributed by atoms with van der Waals surface area (Å²) in [6, 6.07) is 4.69. The van der Waals surface area contributed by atoms with Crippen molar-refractivity contribution < 1.29 is 13.9 Å². The number of amides is 1. The summed E-state index contributed by atoms with van der Waals surface area (Å²) < 4.78 is 19.0. The molecule has 0 radical (unpaired) electrons. The van der Waals surface area contributed by atoms with E-state index < -0.39 is 0 Å². The summed E-state index contributed by atoms with van der Waals surface area (Å²) in [7, 11) is 1.62. The van der Waals surface area contributed by atoms with Gasteiger partial charge in [-0.05, 0) is 74.5 Å².